The minimum absolute atomic E-state index is 0.0653. The van der Waals surface area contributed by atoms with Crippen molar-refractivity contribution in [3.63, 3.8) is 0 Å². The Balaban J connectivity index is 1.00. The van der Waals surface area contributed by atoms with E-state index in [0.717, 1.165) is 132 Å². The number of anilines is 6. The normalized spacial score (nSPS) is 13.7. The smallest absolute Gasteiger partial charge is 0.163 e. The lowest BCUT2D eigenvalue weighted by Gasteiger charge is -2.28. The van der Waals surface area contributed by atoms with Crippen molar-refractivity contribution in [3.8, 4) is 0 Å². The monoisotopic (exact) mass is 1040 g/mol. The molecule has 5 aromatic heterocycles. The van der Waals surface area contributed by atoms with E-state index in [1.165, 1.54) is 16.7 Å². The lowest BCUT2D eigenvalue weighted by atomic mass is 9.86. The van der Waals surface area contributed by atoms with Crippen LogP contribution in [0.1, 0.15) is 94.2 Å². The van der Waals surface area contributed by atoms with Crippen LogP contribution in [-0.2, 0) is 16.2 Å². The number of furan rings is 3. The second kappa shape index (κ2) is 16.8. The number of aryl methyl sites for hydroxylation is 2. The Morgan fingerprint density at radius 1 is 0.375 bits per heavy atom. The quantitative estimate of drug-likeness (QED) is 0.166. The van der Waals surface area contributed by atoms with Gasteiger partial charge in [-0.15, -0.1) is 0 Å². The second-order valence-corrected chi connectivity index (χ2v) is 25.3. The molecule has 6 nitrogen and oxygen atoms in total. The third-order valence-corrected chi connectivity index (χ3v) is 16.9. The predicted molar refractivity (Wildman–Crippen MR) is 338 cm³/mol. The van der Waals surface area contributed by atoms with E-state index >= 15 is 0 Å². The average Bonchev–Trinajstić information content (AvgIpc) is 1.57. The van der Waals surface area contributed by atoms with Crippen LogP contribution in [0.2, 0.25) is 0 Å². The summed E-state index contributed by atoms with van der Waals surface area (Å²) in [6, 6.07) is 65.2. The van der Waals surface area contributed by atoms with Gasteiger partial charge in [-0.25, -0.2) is 0 Å². The van der Waals surface area contributed by atoms with Gasteiger partial charge in [0.15, 0.2) is 5.58 Å². The number of para-hydroxylation sites is 2. The molecule has 0 radical (unpaired) electrons. The fourth-order valence-electron chi connectivity index (χ4n) is 12.6. The van der Waals surface area contributed by atoms with Gasteiger partial charge < -0.3 is 27.5 Å². The predicted octanol–water partition coefficient (Wildman–Crippen LogP) is 22.0. The highest BCUT2D eigenvalue weighted by atomic mass is 16.3. The summed E-state index contributed by atoms with van der Waals surface area (Å²) in [5, 5.41) is 10.4. The summed E-state index contributed by atoms with van der Waals surface area (Å²) < 4.78 is 47.8. The first kappa shape index (κ1) is 44.9. The molecule has 5 heterocycles. The number of hydrogen-bond donors (Lipinski definition) is 0. The van der Waals surface area contributed by atoms with E-state index in [2.05, 4.69) is 241 Å². The van der Waals surface area contributed by atoms with Gasteiger partial charge in [0.05, 0.1) is 22.1 Å². The molecule has 0 atom stereocenters. The van der Waals surface area contributed by atoms with Gasteiger partial charge in [0, 0.05) is 70.3 Å². The molecule has 80 heavy (non-hydrogen) atoms. The Morgan fingerprint density at radius 2 is 0.900 bits per heavy atom. The Hall–Kier alpha value is -9.00. The van der Waals surface area contributed by atoms with Crippen molar-refractivity contribution in [1.29, 1.82) is 0 Å². The maximum absolute atomic E-state index is 8.38. The van der Waals surface area contributed by atoms with Crippen molar-refractivity contribution < 1.29 is 17.4 Å². The first-order valence-corrected chi connectivity index (χ1v) is 27.9. The first-order valence-electron chi connectivity index (χ1n) is 29.4. The molecule has 0 aliphatic carbocycles. The van der Waals surface area contributed by atoms with E-state index in [0.29, 0.717) is 11.2 Å². The minimum atomic E-state index is -2.34. The van der Waals surface area contributed by atoms with Gasteiger partial charge in [-0.2, -0.15) is 0 Å². The van der Waals surface area contributed by atoms with Crippen LogP contribution < -0.4 is 9.80 Å². The molecule has 0 saturated carbocycles. The second-order valence-electron chi connectivity index (χ2n) is 25.3. The largest absolute Gasteiger partial charge is 0.456 e. The summed E-state index contributed by atoms with van der Waals surface area (Å²) in [5.41, 5.74) is 18.3. The van der Waals surface area contributed by atoms with Crippen LogP contribution in [0.4, 0.5) is 34.1 Å². The van der Waals surface area contributed by atoms with Crippen LogP contribution in [-0.4, -0.2) is 4.40 Å². The van der Waals surface area contributed by atoms with Crippen molar-refractivity contribution in [2.45, 2.75) is 92.3 Å². The van der Waals surface area contributed by atoms with Gasteiger partial charge in [0.25, 0.3) is 0 Å². The molecular weight excluding hydrogens is 979 g/mol. The number of fused-ring (bicyclic) bond motifs is 15. The maximum atomic E-state index is 8.38. The third-order valence-electron chi connectivity index (χ3n) is 16.9. The van der Waals surface area contributed by atoms with E-state index in [-0.39, 0.29) is 21.8 Å². The van der Waals surface area contributed by atoms with Gasteiger partial charge in [0.2, 0.25) is 0 Å². The molecule has 0 aliphatic heterocycles. The Bertz CT molecular complexity index is 5180. The highest BCUT2D eigenvalue weighted by Gasteiger charge is 2.30. The lowest BCUT2D eigenvalue weighted by Crippen LogP contribution is -2.14. The van der Waals surface area contributed by atoms with Gasteiger partial charge in [-0.3, -0.25) is 0 Å². The van der Waals surface area contributed by atoms with E-state index in [1.807, 2.05) is 18.2 Å². The molecule has 0 spiro atoms. The number of rotatable bonds is 6. The Kier molecular flexibility index (Phi) is 9.41. The zero-order valence-corrected chi connectivity index (χ0v) is 46.9. The van der Waals surface area contributed by atoms with Crippen LogP contribution >= 0.6 is 0 Å². The lowest BCUT2D eigenvalue weighted by molar-refractivity contribution is 0.590. The molecule has 15 aromatic rings. The van der Waals surface area contributed by atoms with Crippen LogP contribution in [0, 0.1) is 13.8 Å². The minimum Gasteiger partial charge on any atom is -0.456 e. The summed E-state index contributed by atoms with van der Waals surface area (Å²) in [5.74, 6) is 0. The summed E-state index contributed by atoms with van der Waals surface area (Å²) >= 11 is 0. The van der Waals surface area contributed by atoms with Crippen molar-refractivity contribution in [2.24, 2.45) is 0 Å². The van der Waals surface area contributed by atoms with Crippen LogP contribution in [0.3, 0.4) is 0 Å². The first-order chi connectivity index (χ1) is 39.6. The molecule has 0 aliphatic rings. The molecule has 15 rings (SSSR count). The molecule has 0 N–H and O–H groups in total. The van der Waals surface area contributed by atoms with Crippen LogP contribution in [0.15, 0.2) is 195 Å². The van der Waals surface area contributed by atoms with Crippen molar-refractivity contribution >= 4 is 138 Å². The zero-order valence-electron chi connectivity index (χ0n) is 49.9. The van der Waals surface area contributed by atoms with Crippen LogP contribution in [0.5, 0.6) is 0 Å². The van der Waals surface area contributed by atoms with Gasteiger partial charge >= 0.3 is 0 Å². The SMILES string of the molecule is [2H]C([2H])([2H])c1cccc2c1oc1ccc(N(c3cccc(C(C)(C)C)c3)c3ccc4c5cc6ccc(N(c7cccc(C(C)(C)C)c7)c7ccc8oc9c(C)cccc9c8c7)cc6cc5n5c6c7cc(C(C)(C)C)ccc7oc6c3c45)cc12. The fraction of sp³-hybridized carbons (Fsp3) is 0.189. The van der Waals surface area contributed by atoms with Crippen molar-refractivity contribution in [1.82, 2.24) is 4.40 Å². The highest BCUT2D eigenvalue weighted by Crippen LogP contribution is 2.52. The van der Waals surface area contributed by atoms with Crippen molar-refractivity contribution in [3.05, 3.63) is 210 Å². The maximum Gasteiger partial charge on any atom is 0.163 e. The molecule has 0 bridgehead atoms. The van der Waals surface area contributed by atoms with Crippen LogP contribution in [0.25, 0.3) is 104 Å². The standard InChI is InChI=1S/C74H63N3O3/c1-42-16-12-22-55-58-40-52(27-32-63(58)78-69(42)55)75(49-20-14-18-46(37-49)72(3,4)5)51-26-24-44-35-57-54-29-30-61(66-67(54)77(62(57)36-45(44)34-51)68-60-39-48(74(9,10)11)25-31-65(60)80-71(66)68)76(50-21-15-19-47(38-50)73(6,7)8)53-28-33-64-59(41-53)56-23-13-17-43(2)70(56)79-64/h12-41H,1-11H3/i2D3. The van der Waals surface area contributed by atoms with Gasteiger partial charge in [-0.05, 0) is 172 Å². The number of benzene rings is 10. The van der Waals surface area contributed by atoms with E-state index in [4.69, 9.17) is 17.4 Å². The van der Waals surface area contributed by atoms with E-state index in [9.17, 15) is 0 Å². The van der Waals surface area contributed by atoms with Gasteiger partial charge in [-0.1, -0.05) is 141 Å². The summed E-state index contributed by atoms with van der Waals surface area (Å²) in [6.07, 6.45) is 0. The highest BCUT2D eigenvalue weighted by molar-refractivity contribution is 6.30. The number of hydrogen-bond acceptors (Lipinski definition) is 5. The third kappa shape index (κ3) is 7.23. The molecule has 10 aromatic carbocycles. The molecule has 0 amide bonds. The number of aromatic nitrogens is 1. The molecule has 0 saturated heterocycles. The molecule has 0 fully saturated rings. The van der Waals surface area contributed by atoms with E-state index in [1.54, 1.807) is 6.07 Å². The van der Waals surface area contributed by atoms with Crippen molar-refractivity contribution in [2.75, 3.05) is 9.80 Å². The topological polar surface area (TPSA) is 50.3 Å². The fourth-order valence-corrected chi connectivity index (χ4v) is 12.6. The summed E-state index contributed by atoms with van der Waals surface area (Å²) in [4.78, 5) is 4.73. The summed E-state index contributed by atoms with van der Waals surface area (Å²) in [6.45, 7) is 20.1. The molecular formula is C74H63N3O3. The molecule has 6 heteroatoms. The zero-order chi connectivity index (χ0) is 57.4. The molecule has 0 unspecified atom stereocenters. The Labute approximate surface area is 469 Å². The molecule has 392 valence electrons. The Morgan fingerprint density at radius 3 is 1.55 bits per heavy atom. The van der Waals surface area contributed by atoms with Gasteiger partial charge in [0.1, 0.15) is 33.4 Å². The summed E-state index contributed by atoms with van der Waals surface area (Å²) in [7, 11) is 0. The van der Waals surface area contributed by atoms with E-state index < -0.39 is 6.85 Å². The average molecular weight is 1050 g/mol. The number of nitrogens with zero attached hydrogens (tertiary/aromatic N) is 3.